The molecule has 0 heterocycles. The van der Waals surface area contributed by atoms with E-state index in [1.54, 1.807) is 0 Å². The van der Waals surface area contributed by atoms with E-state index in [0.717, 1.165) is 12.8 Å². The summed E-state index contributed by atoms with van der Waals surface area (Å²) in [7, 11) is -4.35. The molecule has 3 nitrogen and oxygen atoms in total. The minimum absolute atomic E-state index is 0.00352. The molecule has 1 aromatic carbocycles. The molecule has 1 fully saturated rings. The van der Waals surface area contributed by atoms with Gasteiger partial charge in [0.1, 0.15) is 17.5 Å². The first-order valence-corrected chi connectivity index (χ1v) is 8.00. The molecule has 0 aromatic heterocycles. The molecule has 0 amide bonds. The molecular formula is C12H13ClF3NO2S. The van der Waals surface area contributed by atoms with Crippen LogP contribution in [0.4, 0.5) is 13.2 Å². The third-order valence-electron chi connectivity index (χ3n) is 3.27. The zero-order valence-electron chi connectivity index (χ0n) is 10.4. The molecule has 1 saturated carbocycles. The lowest BCUT2D eigenvalue weighted by molar-refractivity contribution is 0.485. The van der Waals surface area contributed by atoms with Gasteiger partial charge in [0.05, 0.1) is 0 Å². The van der Waals surface area contributed by atoms with E-state index in [2.05, 4.69) is 4.72 Å². The van der Waals surface area contributed by atoms with Gasteiger partial charge in [-0.2, -0.15) is 0 Å². The molecule has 2 unspecified atom stereocenters. The molecule has 20 heavy (non-hydrogen) atoms. The zero-order valence-corrected chi connectivity index (χ0v) is 11.9. The maximum absolute atomic E-state index is 13.4. The van der Waals surface area contributed by atoms with Gasteiger partial charge in [-0.3, -0.25) is 0 Å². The van der Waals surface area contributed by atoms with Crippen LogP contribution in [-0.2, 0) is 10.0 Å². The van der Waals surface area contributed by atoms with Gasteiger partial charge in [-0.1, -0.05) is 0 Å². The molecule has 0 radical (unpaired) electrons. The lowest BCUT2D eigenvalue weighted by atomic mass is 10.1. The molecule has 0 spiro atoms. The van der Waals surface area contributed by atoms with Gasteiger partial charge in [0.15, 0.2) is 4.90 Å². The van der Waals surface area contributed by atoms with Gasteiger partial charge in [0, 0.05) is 24.1 Å². The number of nitrogens with one attached hydrogen (secondary N) is 1. The molecular weight excluding hydrogens is 315 g/mol. The van der Waals surface area contributed by atoms with Crippen molar-refractivity contribution in [2.24, 2.45) is 5.92 Å². The Hall–Kier alpha value is -0.790. The number of halogens is 4. The average Bonchev–Trinajstić information content (AvgIpc) is 2.71. The summed E-state index contributed by atoms with van der Waals surface area (Å²) < 4.78 is 65.6. The van der Waals surface area contributed by atoms with Crippen LogP contribution in [-0.4, -0.2) is 20.3 Å². The first-order chi connectivity index (χ1) is 9.29. The lowest BCUT2D eigenvalue weighted by Gasteiger charge is -2.12. The smallest absolute Gasteiger partial charge is 0.211 e. The van der Waals surface area contributed by atoms with E-state index in [1.165, 1.54) is 0 Å². The van der Waals surface area contributed by atoms with Crippen molar-refractivity contribution in [3.63, 3.8) is 0 Å². The summed E-state index contributed by atoms with van der Waals surface area (Å²) in [4.78, 5) is -1.15. The monoisotopic (exact) mass is 327 g/mol. The Balaban J connectivity index is 2.15. The average molecular weight is 328 g/mol. The van der Waals surface area contributed by atoms with Crippen LogP contribution in [0.5, 0.6) is 0 Å². The van der Waals surface area contributed by atoms with Crippen molar-refractivity contribution < 1.29 is 21.6 Å². The Morgan fingerprint density at radius 1 is 1.20 bits per heavy atom. The minimum atomic E-state index is -4.35. The van der Waals surface area contributed by atoms with E-state index in [-0.39, 0.29) is 17.8 Å². The van der Waals surface area contributed by atoms with E-state index in [1.807, 2.05) is 0 Å². The second kappa shape index (κ2) is 5.91. The third kappa shape index (κ3) is 3.45. The summed E-state index contributed by atoms with van der Waals surface area (Å²) in [5.41, 5.74) is 0. The molecule has 0 saturated heterocycles. The number of rotatable bonds is 4. The molecule has 1 aliphatic rings. The van der Waals surface area contributed by atoms with Gasteiger partial charge in [0.25, 0.3) is 0 Å². The fraction of sp³-hybridized carbons (Fsp3) is 0.500. The summed E-state index contributed by atoms with van der Waals surface area (Å²) >= 11 is 5.90. The van der Waals surface area contributed by atoms with E-state index >= 15 is 0 Å². The predicted molar refractivity (Wildman–Crippen MR) is 68.5 cm³/mol. The zero-order chi connectivity index (χ0) is 14.9. The molecule has 2 atom stereocenters. The first kappa shape index (κ1) is 15.6. The molecule has 1 aromatic rings. The molecule has 8 heteroatoms. The molecule has 2 rings (SSSR count). The Morgan fingerprint density at radius 3 is 2.30 bits per heavy atom. The highest BCUT2D eigenvalue weighted by Crippen LogP contribution is 2.29. The van der Waals surface area contributed by atoms with Crippen LogP contribution in [0.1, 0.15) is 19.3 Å². The van der Waals surface area contributed by atoms with Gasteiger partial charge in [0.2, 0.25) is 10.0 Å². The second-order valence-corrected chi connectivity index (χ2v) is 7.15. The molecule has 112 valence electrons. The van der Waals surface area contributed by atoms with Crippen molar-refractivity contribution in [3.05, 3.63) is 29.6 Å². The third-order valence-corrected chi connectivity index (χ3v) is 5.14. The Labute approximate surface area is 120 Å². The number of hydrogen-bond donors (Lipinski definition) is 1. The SMILES string of the molecule is O=S(=O)(NCC1CCC(Cl)C1)c1c(F)cc(F)cc1F. The van der Waals surface area contributed by atoms with Crippen LogP contribution in [0.15, 0.2) is 17.0 Å². The molecule has 1 aliphatic carbocycles. The van der Waals surface area contributed by atoms with Gasteiger partial charge < -0.3 is 0 Å². The summed E-state index contributed by atoms with van der Waals surface area (Å²) in [6, 6.07) is 0.671. The molecule has 0 bridgehead atoms. The number of sulfonamides is 1. The van der Waals surface area contributed by atoms with Crippen molar-refractivity contribution >= 4 is 21.6 Å². The lowest BCUT2D eigenvalue weighted by Crippen LogP contribution is -2.30. The minimum Gasteiger partial charge on any atom is -0.211 e. The van der Waals surface area contributed by atoms with Crippen molar-refractivity contribution in [1.29, 1.82) is 0 Å². The van der Waals surface area contributed by atoms with Crippen LogP contribution in [0.25, 0.3) is 0 Å². The van der Waals surface area contributed by atoms with Gasteiger partial charge >= 0.3 is 0 Å². The summed E-state index contributed by atoms with van der Waals surface area (Å²) in [6.45, 7) is 0.0574. The van der Waals surface area contributed by atoms with Crippen LogP contribution in [0, 0.1) is 23.4 Å². The van der Waals surface area contributed by atoms with Crippen molar-refractivity contribution in [2.75, 3.05) is 6.54 Å². The summed E-state index contributed by atoms with van der Waals surface area (Å²) in [5.74, 6) is -4.02. The highest BCUT2D eigenvalue weighted by molar-refractivity contribution is 7.89. The van der Waals surface area contributed by atoms with E-state index < -0.39 is 32.4 Å². The maximum atomic E-state index is 13.4. The van der Waals surface area contributed by atoms with Gasteiger partial charge in [-0.05, 0) is 25.2 Å². The number of hydrogen-bond acceptors (Lipinski definition) is 2. The number of alkyl halides is 1. The van der Waals surface area contributed by atoms with E-state index in [4.69, 9.17) is 11.6 Å². The van der Waals surface area contributed by atoms with Crippen LogP contribution in [0.2, 0.25) is 0 Å². The fourth-order valence-electron chi connectivity index (χ4n) is 2.28. The van der Waals surface area contributed by atoms with Crippen LogP contribution < -0.4 is 4.72 Å². The summed E-state index contributed by atoms with van der Waals surface area (Å²) in [6.07, 6.45) is 2.19. The predicted octanol–water partition coefficient (Wildman–Crippen LogP) is 2.79. The van der Waals surface area contributed by atoms with Gasteiger partial charge in [-0.25, -0.2) is 26.3 Å². The van der Waals surface area contributed by atoms with E-state index in [9.17, 15) is 21.6 Å². The standard InChI is InChI=1S/C12H13ClF3NO2S/c13-8-2-1-7(3-8)6-17-20(18,19)12-10(15)4-9(14)5-11(12)16/h4-5,7-8,17H,1-3,6H2. The quantitative estimate of drug-likeness (QED) is 0.864. The highest BCUT2D eigenvalue weighted by atomic mass is 35.5. The molecule has 0 aliphatic heterocycles. The van der Waals surface area contributed by atoms with Gasteiger partial charge in [-0.15, -0.1) is 11.6 Å². The highest BCUT2D eigenvalue weighted by Gasteiger charge is 2.28. The first-order valence-electron chi connectivity index (χ1n) is 6.08. The Kier molecular flexibility index (Phi) is 4.61. The van der Waals surface area contributed by atoms with Crippen LogP contribution >= 0.6 is 11.6 Å². The Bertz CT molecular complexity index is 586. The van der Waals surface area contributed by atoms with E-state index in [0.29, 0.717) is 18.6 Å². The summed E-state index contributed by atoms with van der Waals surface area (Å²) in [5, 5.41) is 0.00352. The number of benzene rings is 1. The Morgan fingerprint density at radius 2 is 1.80 bits per heavy atom. The fourth-order valence-corrected chi connectivity index (χ4v) is 3.89. The van der Waals surface area contributed by atoms with Crippen molar-refractivity contribution in [3.8, 4) is 0 Å². The van der Waals surface area contributed by atoms with Crippen molar-refractivity contribution in [1.82, 2.24) is 4.72 Å². The largest absolute Gasteiger partial charge is 0.246 e. The topological polar surface area (TPSA) is 46.2 Å². The second-order valence-electron chi connectivity index (χ2n) is 4.83. The normalized spacial score (nSPS) is 23.2. The van der Waals surface area contributed by atoms with Crippen LogP contribution in [0.3, 0.4) is 0 Å². The maximum Gasteiger partial charge on any atom is 0.246 e. The van der Waals surface area contributed by atoms with Crippen molar-refractivity contribution in [2.45, 2.75) is 29.5 Å². The molecule has 1 N–H and O–H groups in total.